The molecule has 0 saturated carbocycles. The van der Waals surface area contributed by atoms with E-state index in [9.17, 15) is 14.9 Å². The second kappa shape index (κ2) is 9.80. The van der Waals surface area contributed by atoms with E-state index in [4.69, 9.17) is 4.84 Å². The Kier molecular flexibility index (Phi) is 6.67. The lowest BCUT2D eigenvalue weighted by atomic mass is 9.99. The van der Waals surface area contributed by atoms with Crippen molar-refractivity contribution in [3.63, 3.8) is 0 Å². The smallest absolute Gasteiger partial charge is 0.270 e. The molecule has 7 nitrogen and oxygen atoms in total. The van der Waals surface area contributed by atoms with Crippen LogP contribution in [-0.4, -0.2) is 23.7 Å². The molecule has 0 aliphatic heterocycles. The van der Waals surface area contributed by atoms with Crippen LogP contribution >= 0.6 is 0 Å². The van der Waals surface area contributed by atoms with Crippen LogP contribution in [-0.2, 0) is 9.63 Å². The van der Waals surface area contributed by atoms with Gasteiger partial charge in [-0.2, -0.15) is 0 Å². The fourth-order valence-electron chi connectivity index (χ4n) is 2.77. The summed E-state index contributed by atoms with van der Waals surface area (Å²) >= 11 is 0. The molecular formula is C22H19N3O4. The third kappa shape index (κ3) is 5.74. The quantitative estimate of drug-likeness (QED) is 0.360. The van der Waals surface area contributed by atoms with Crippen molar-refractivity contribution < 1.29 is 14.6 Å². The first-order valence-electron chi connectivity index (χ1n) is 8.92. The van der Waals surface area contributed by atoms with Crippen LogP contribution in [0.25, 0.3) is 0 Å². The zero-order valence-corrected chi connectivity index (χ0v) is 15.5. The number of amides is 1. The average Bonchev–Trinajstić information content (AvgIpc) is 2.76. The molecule has 29 heavy (non-hydrogen) atoms. The molecule has 0 fully saturated rings. The highest BCUT2D eigenvalue weighted by atomic mass is 16.6. The van der Waals surface area contributed by atoms with E-state index in [2.05, 4.69) is 10.5 Å². The highest BCUT2D eigenvalue weighted by Crippen LogP contribution is 2.21. The molecule has 0 aliphatic rings. The van der Waals surface area contributed by atoms with E-state index >= 15 is 0 Å². The van der Waals surface area contributed by atoms with Crippen molar-refractivity contribution in [3.8, 4) is 0 Å². The predicted molar refractivity (Wildman–Crippen MR) is 110 cm³/mol. The third-order valence-corrected chi connectivity index (χ3v) is 4.12. The largest absolute Gasteiger partial charge is 0.386 e. The Bertz CT molecular complexity index is 952. The topological polar surface area (TPSA) is 93.8 Å². The first kappa shape index (κ1) is 19.8. The number of nitro groups is 1. The van der Waals surface area contributed by atoms with Gasteiger partial charge in [-0.3, -0.25) is 14.9 Å². The van der Waals surface area contributed by atoms with Crippen molar-refractivity contribution in [2.24, 2.45) is 5.16 Å². The summed E-state index contributed by atoms with van der Waals surface area (Å²) in [4.78, 5) is 27.7. The summed E-state index contributed by atoms with van der Waals surface area (Å²) in [7, 11) is 0. The second-order valence-corrected chi connectivity index (χ2v) is 6.18. The lowest BCUT2D eigenvalue weighted by molar-refractivity contribution is -0.384. The van der Waals surface area contributed by atoms with Crippen molar-refractivity contribution in [2.75, 3.05) is 6.61 Å². The molecule has 0 bridgehead atoms. The summed E-state index contributed by atoms with van der Waals surface area (Å²) < 4.78 is 0. The second-order valence-electron chi connectivity index (χ2n) is 6.18. The minimum atomic E-state index is -0.487. The fourth-order valence-corrected chi connectivity index (χ4v) is 2.77. The summed E-state index contributed by atoms with van der Waals surface area (Å²) in [5.41, 5.74) is 2.37. The van der Waals surface area contributed by atoms with Gasteiger partial charge in [-0.25, -0.2) is 0 Å². The van der Waals surface area contributed by atoms with Crippen molar-refractivity contribution in [1.82, 2.24) is 5.32 Å². The number of oxime groups is 1. The first-order chi connectivity index (χ1) is 14.1. The van der Waals surface area contributed by atoms with Gasteiger partial charge < -0.3 is 10.2 Å². The molecular weight excluding hydrogens is 370 g/mol. The van der Waals surface area contributed by atoms with Crippen molar-refractivity contribution in [3.05, 3.63) is 112 Å². The average molecular weight is 389 g/mol. The highest BCUT2D eigenvalue weighted by molar-refractivity contribution is 5.81. The summed E-state index contributed by atoms with van der Waals surface area (Å²) in [6.07, 6.45) is 1.33. The van der Waals surface area contributed by atoms with Crippen LogP contribution in [0.3, 0.4) is 0 Å². The molecule has 146 valence electrons. The number of carbonyl (C=O) groups is 1. The minimum absolute atomic E-state index is 0.0414. The van der Waals surface area contributed by atoms with E-state index in [1.165, 1.54) is 18.3 Å². The van der Waals surface area contributed by atoms with Gasteiger partial charge in [0.2, 0.25) is 0 Å². The van der Waals surface area contributed by atoms with Gasteiger partial charge in [-0.05, 0) is 11.1 Å². The molecule has 0 heterocycles. The molecule has 0 aliphatic carbocycles. The van der Waals surface area contributed by atoms with Gasteiger partial charge in [0.05, 0.1) is 17.2 Å². The molecule has 0 spiro atoms. The Labute approximate surface area is 167 Å². The molecule has 3 aromatic carbocycles. The van der Waals surface area contributed by atoms with Gasteiger partial charge in [0.25, 0.3) is 11.6 Å². The van der Waals surface area contributed by atoms with Gasteiger partial charge in [0.15, 0.2) is 6.61 Å². The molecule has 3 rings (SSSR count). The number of hydrogen-bond acceptors (Lipinski definition) is 5. The van der Waals surface area contributed by atoms with E-state index in [-0.39, 0.29) is 24.2 Å². The first-order valence-corrected chi connectivity index (χ1v) is 8.92. The molecule has 0 aromatic heterocycles. The molecule has 0 saturated heterocycles. The number of benzene rings is 3. The Balaban J connectivity index is 1.61. The van der Waals surface area contributed by atoms with Crippen LogP contribution < -0.4 is 5.32 Å². The van der Waals surface area contributed by atoms with Crippen LogP contribution in [0.2, 0.25) is 0 Å². The Morgan fingerprint density at radius 3 is 2.21 bits per heavy atom. The summed E-state index contributed by atoms with van der Waals surface area (Å²) in [6, 6.07) is 24.9. The number of nitrogens with one attached hydrogen (secondary N) is 1. The van der Waals surface area contributed by atoms with Gasteiger partial charge >= 0.3 is 0 Å². The van der Waals surface area contributed by atoms with Crippen molar-refractivity contribution >= 4 is 17.8 Å². The molecule has 3 aromatic rings. The monoisotopic (exact) mass is 389 g/mol. The maximum Gasteiger partial charge on any atom is 0.270 e. The van der Waals surface area contributed by atoms with Gasteiger partial charge in [-0.15, -0.1) is 0 Å². The molecule has 0 radical (unpaired) electrons. The van der Waals surface area contributed by atoms with Gasteiger partial charge in [0, 0.05) is 17.7 Å². The molecule has 7 heteroatoms. The molecule has 1 N–H and O–H groups in total. The highest BCUT2D eigenvalue weighted by Gasteiger charge is 2.16. The maximum absolute atomic E-state index is 12.4. The summed E-state index contributed by atoms with van der Waals surface area (Å²) in [5.74, 6) is -0.334. The minimum Gasteiger partial charge on any atom is -0.386 e. The Morgan fingerprint density at radius 1 is 1.00 bits per heavy atom. The number of nitrogens with zero attached hydrogens (tertiary/aromatic N) is 2. The fraction of sp³-hybridized carbons (Fsp3) is 0.0909. The zero-order chi connectivity index (χ0) is 20.5. The SMILES string of the molecule is O=C(CO/N=C\c1cccc([N+](=O)[O-])c1)NC(c1ccccc1)c1ccccc1. The van der Waals surface area contributed by atoms with Crippen LogP contribution in [0.4, 0.5) is 5.69 Å². The lowest BCUT2D eigenvalue weighted by Crippen LogP contribution is -2.31. The van der Waals surface area contributed by atoms with Crippen molar-refractivity contribution in [1.29, 1.82) is 0 Å². The molecule has 0 unspecified atom stereocenters. The lowest BCUT2D eigenvalue weighted by Gasteiger charge is -2.19. The maximum atomic E-state index is 12.4. The number of nitro benzene ring substituents is 1. The summed E-state index contributed by atoms with van der Waals surface area (Å²) in [5, 5.41) is 17.5. The Morgan fingerprint density at radius 2 is 1.62 bits per heavy atom. The van der Waals surface area contributed by atoms with E-state index in [1.807, 2.05) is 60.7 Å². The van der Waals surface area contributed by atoms with Crippen LogP contribution in [0.1, 0.15) is 22.7 Å². The van der Waals surface area contributed by atoms with Crippen LogP contribution in [0.5, 0.6) is 0 Å². The third-order valence-electron chi connectivity index (χ3n) is 4.12. The summed E-state index contributed by atoms with van der Waals surface area (Å²) in [6.45, 7) is -0.276. The predicted octanol–water partition coefficient (Wildman–Crippen LogP) is 3.85. The Hall–Kier alpha value is -4.00. The van der Waals surface area contributed by atoms with E-state index in [0.717, 1.165) is 11.1 Å². The van der Waals surface area contributed by atoms with Crippen molar-refractivity contribution in [2.45, 2.75) is 6.04 Å². The van der Waals surface area contributed by atoms with Gasteiger partial charge in [-0.1, -0.05) is 78.0 Å². The molecule has 0 atom stereocenters. The van der Waals surface area contributed by atoms with Crippen LogP contribution in [0.15, 0.2) is 90.1 Å². The number of non-ortho nitro benzene ring substituents is 1. The van der Waals surface area contributed by atoms with E-state index in [0.29, 0.717) is 5.56 Å². The van der Waals surface area contributed by atoms with E-state index < -0.39 is 4.92 Å². The normalized spacial score (nSPS) is 10.8. The number of rotatable bonds is 8. The van der Waals surface area contributed by atoms with Crippen LogP contribution in [0, 0.1) is 10.1 Å². The zero-order valence-electron chi connectivity index (χ0n) is 15.5. The van der Waals surface area contributed by atoms with E-state index in [1.54, 1.807) is 12.1 Å². The molecule has 1 amide bonds. The van der Waals surface area contributed by atoms with Gasteiger partial charge in [0.1, 0.15) is 0 Å². The number of carbonyl (C=O) groups excluding carboxylic acids is 1. The number of hydrogen-bond donors (Lipinski definition) is 1. The standard InChI is InChI=1S/C22H19N3O4/c26-21(16-29-23-15-17-8-7-13-20(14-17)25(27)28)24-22(18-9-3-1-4-10-18)19-11-5-2-6-12-19/h1-15,22H,16H2,(H,24,26)/b23-15-.